The fraction of sp³-hybridized carbons (Fsp3) is 0.0909. The molecule has 4 rings (SSSR count). The summed E-state index contributed by atoms with van der Waals surface area (Å²) in [5, 5.41) is 12.3. The minimum absolute atomic E-state index is 0.130. The SMILES string of the molecule is COc1cccc(-c2cccc3c2/C(=C/c2[nH]c(C)cc2C(=O)O)C(=O)N3)c1. The number of aromatic nitrogens is 1. The molecule has 0 spiro atoms. The number of carboxylic acids is 1. The van der Waals surface area contributed by atoms with E-state index in [1.54, 1.807) is 26.2 Å². The van der Waals surface area contributed by atoms with Crippen molar-refractivity contribution in [3.8, 4) is 16.9 Å². The van der Waals surface area contributed by atoms with E-state index >= 15 is 0 Å². The van der Waals surface area contributed by atoms with Crippen LogP contribution in [0.15, 0.2) is 48.5 Å². The number of aromatic carboxylic acids is 1. The number of fused-ring (bicyclic) bond motifs is 1. The number of nitrogens with one attached hydrogen (secondary N) is 2. The van der Waals surface area contributed by atoms with Crippen LogP contribution in [0.2, 0.25) is 0 Å². The van der Waals surface area contributed by atoms with Crippen molar-refractivity contribution in [2.24, 2.45) is 0 Å². The van der Waals surface area contributed by atoms with Gasteiger partial charge in [-0.25, -0.2) is 4.79 Å². The van der Waals surface area contributed by atoms with Gasteiger partial charge in [0.05, 0.1) is 23.9 Å². The smallest absolute Gasteiger partial charge is 0.337 e. The first-order valence-corrected chi connectivity index (χ1v) is 8.71. The van der Waals surface area contributed by atoms with Crippen molar-refractivity contribution in [3.05, 3.63) is 71.0 Å². The van der Waals surface area contributed by atoms with Crippen LogP contribution in [-0.4, -0.2) is 29.1 Å². The molecule has 0 saturated carbocycles. The fourth-order valence-corrected chi connectivity index (χ4v) is 3.46. The summed E-state index contributed by atoms with van der Waals surface area (Å²) >= 11 is 0. The Balaban J connectivity index is 1.91. The van der Waals surface area contributed by atoms with Crippen LogP contribution in [-0.2, 0) is 4.79 Å². The van der Waals surface area contributed by atoms with Gasteiger partial charge >= 0.3 is 5.97 Å². The molecule has 2 heterocycles. The second kappa shape index (κ2) is 6.74. The number of anilines is 1. The molecule has 0 radical (unpaired) electrons. The number of hydrogen-bond acceptors (Lipinski definition) is 3. The summed E-state index contributed by atoms with van der Waals surface area (Å²) in [5.74, 6) is -0.601. The van der Waals surface area contributed by atoms with Crippen LogP contribution < -0.4 is 10.1 Å². The van der Waals surface area contributed by atoms with Crippen molar-refractivity contribution >= 4 is 29.2 Å². The molecule has 0 unspecified atom stereocenters. The molecule has 28 heavy (non-hydrogen) atoms. The minimum Gasteiger partial charge on any atom is -0.497 e. The maximum Gasteiger partial charge on any atom is 0.337 e. The number of hydrogen-bond donors (Lipinski definition) is 3. The van der Waals surface area contributed by atoms with Crippen LogP contribution in [0.25, 0.3) is 22.8 Å². The average molecular weight is 374 g/mol. The number of carboxylic acid groups (broad SMARTS) is 1. The molecule has 0 fully saturated rings. The molecule has 1 amide bonds. The summed E-state index contributed by atoms with van der Waals surface area (Å²) in [6.07, 6.45) is 1.60. The van der Waals surface area contributed by atoms with Crippen molar-refractivity contribution < 1.29 is 19.4 Å². The first kappa shape index (κ1) is 17.6. The summed E-state index contributed by atoms with van der Waals surface area (Å²) in [6.45, 7) is 1.78. The number of carbonyl (C=O) groups excluding carboxylic acids is 1. The lowest BCUT2D eigenvalue weighted by Crippen LogP contribution is -2.04. The summed E-state index contributed by atoms with van der Waals surface area (Å²) < 4.78 is 5.32. The number of methoxy groups -OCH3 is 1. The lowest BCUT2D eigenvalue weighted by Gasteiger charge is -2.10. The molecule has 2 aromatic carbocycles. The molecule has 6 heteroatoms. The fourth-order valence-electron chi connectivity index (χ4n) is 3.46. The van der Waals surface area contributed by atoms with E-state index in [2.05, 4.69) is 10.3 Å². The van der Waals surface area contributed by atoms with Gasteiger partial charge in [0.2, 0.25) is 0 Å². The van der Waals surface area contributed by atoms with Crippen molar-refractivity contribution in [1.29, 1.82) is 0 Å². The van der Waals surface area contributed by atoms with E-state index in [4.69, 9.17) is 4.74 Å². The Labute approximate surface area is 161 Å². The van der Waals surface area contributed by atoms with Crippen LogP contribution in [0, 0.1) is 6.92 Å². The summed E-state index contributed by atoms with van der Waals surface area (Å²) in [4.78, 5) is 27.2. The summed E-state index contributed by atoms with van der Waals surface area (Å²) in [6, 6.07) is 14.8. The second-order valence-electron chi connectivity index (χ2n) is 6.56. The van der Waals surface area contributed by atoms with Crippen molar-refractivity contribution in [2.75, 3.05) is 12.4 Å². The lowest BCUT2D eigenvalue weighted by atomic mass is 9.94. The molecule has 0 bridgehead atoms. The van der Waals surface area contributed by atoms with Gasteiger partial charge in [0.1, 0.15) is 5.75 Å². The summed E-state index contributed by atoms with van der Waals surface area (Å²) in [7, 11) is 1.60. The highest BCUT2D eigenvalue weighted by atomic mass is 16.5. The Morgan fingerprint density at radius 2 is 1.93 bits per heavy atom. The quantitative estimate of drug-likeness (QED) is 0.597. The van der Waals surface area contributed by atoms with Gasteiger partial charge in [-0.05, 0) is 48.4 Å². The molecular formula is C22H18N2O4. The lowest BCUT2D eigenvalue weighted by molar-refractivity contribution is -0.110. The van der Waals surface area contributed by atoms with Gasteiger partial charge < -0.3 is 20.1 Å². The normalized spacial score (nSPS) is 14.1. The van der Waals surface area contributed by atoms with Gasteiger partial charge in [0.25, 0.3) is 5.91 Å². The number of aromatic amines is 1. The molecule has 0 saturated heterocycles. The largest absolute Gasteiger partial charge is 0.497 e. The minimum atomic E-state index is -1.05. The Morgan fingerprint density at radius 1 is 1.14 bits per heavy atom. The van der Waals surface area contributed by atoms with Gasteiger partial charge in [-0.3, -0.25) is 4.79 Å². The van der Waals surface area contributed by atoms with E-state index in [-0.39, 0.29) is 11.5 Å². The molecule has 1 aliphatic heterocycles. The molecular weight excluding hydrogens is 356 g/mol. The van der Waals surface area contributed by atoms with E-state index in [0.717, 1.165) is 16.7 Å². The van der Waals surface area contributed by atoms with Crippen LogP contribution >= 0.6 is 0 Å². The van der Waals surface area contributed by atoms with Gasteiger partial charge in [0.15, 0.2) is 0 Å². The maximum atomic E-state index is 12.7. The highest BCUT2D eigenvalue weighted by molar-refractivity contribution is 6.36. The standard InChI is InChI=1S/C22H18N2O4/c1-12-9-16(22(26)27)19(23-12)11-17-20-15(7-4-8-18(20)24-21(17)25)13-5-3-6-14(10-13)28-2/h3-11,23H,1-2H3,(H,24,25)(H,26,27)/b17-11-. The number of H-pyrrole nitrogens is 1. The number of benzene rings is 2. The third-order valence-corrected chi connectivity index (χ3v) is 4.71. The number of amides is 1. The van der Waals surface area contributed by atoms with E-state index in [1.165, 1.54) is 0 Å². The average Bonchev–Trinajstić information content (AvgIpc) is 3.21. The van der Waals surface area contributed by atoms with Gasteiger partial charge in [-0.2, -0.15) is 0 Å². The predicted octanol–water partition coefficient (Wildman–Crippen LogP) is 4.19. The van der Waals surface area contributed by atoms with Crippen molar-refractivity contribution in [3.63, 3.8) is 0 Å². The van der Waals surface area contributed by atoms with Crippen LogP contribution in [0.5, 0.6) is 5.75 Å². The summed E-state index contributed by atoms with van der Waals surface area (Å²) in [5.41, 5.74) is 4.84. The Hall–Kier alpha value is -3.80. The molecule has 140 valence electrons. The molecule has 1 aromatic heterocycles. The van der Waals surface area contributed by atoms with Gasteiger partial charge in [0, 0.05) is 16.9 Å². The Kier molecular flexibility index (Phi) is 4.24. The molecule has 6 nitrogen and oxygen atoms in total. The van der Waals surface area contributed by atoms with Gasteiger partial charge in [-0.1, -0.05) is 24.3 Å². The van der Waals surface area contributed by atoms with Crippen LogP contribution in [0.1, 0.15) is 27.3 Å². The zero-order chi connectivity index (χ0) is 19.8. The second-order valence-corrected chi connectivity index (χ2v) is 6.56. The molecule has 3 aromatic rings. The molecule has 0 aliphatic carbocycles. The first-order valence-electron chi connectivity index (χ1n) is 8.71. The number of rotatable bonds is 4. The van der Waals surface area contributed by atoms with Crippen LogP contribution in [0.3, 0.4) is 0 Å². The zero-order valence-corrected chi connectivity index (χ0v) is 15.4. The van der Waals surface area contributed by atoms with Gasteiger partial charge in [-0.15, -0.1) is 0 Å². The third kappa shape index (κ3) is 2.95. The maximum absolute atomic E-state index is 12.7. The highest BCUT2D eigenvalue weighted by Gasteiger charge is 2.28. The van der Waals surface area contributed by atoms with E-state index in [0.29, 0.717) is 28.4 Å². The highest BCUT2D eigenvalue weighted by Crippen LogP contribution is 2.41. The van der Waals surface area contributed by atoms with E-state index < -0.39 is 5.97 Å². The van der Waals surface area contributed by atoms with E-state index in [1.807, 2.05) is 42.5 Å². The van der Waals surface area contributed by atoms with Crippen molar-refractivity contribution in [1.82, 2.24) is 4.98 Å². The Bertz CT molecular complexity index is 1140. The number of carbonyl (C=O) groups is 2. The monoisotopic (exact) mass is 374 g/mol. The zero-order valence-electron chi connectivity index (χ0n) is 15.4. The van der Waals surface area contributed by atoms with E-state index in [9.17, 15) is 14.7 Å². The van der Waals surface area contributed by atoms with Crippen LogP contribution in [0.4, 0.5) is 5.69 Å². The molecule has 1 aliphatic rings. The number of aryl methyl sites for hydroxylation is 1. The topological polar surface area (TPSA) is 91.4 Å². The van der Waals surface area contributed by atoms with Crippen molar-refractivity contribution in [2.45, 2.75) is 6.92 Å². The molecule has 0 atom stereocenters. The predicted molar refractivity (Wildman–Crippen MR) is 107 cm³/mol. The number of ether oxygens (including phenoxy) is 1. The third-order valence-electron chi connectivity index (χ3n) is 4.71. The Morgan fingerprint density at radius 3 is 2.68 bits per heavy atom. The first-order chi connectivity index (χ1) is 13.5. The molecule has 3 N–H and O–H groups in total.